The lowest BCUT2D eigenvalue weighted by molar-refractivity contribution is -0.111. The second kappa shape index (κ2) is 6.48. The third-order valence-electron chi connectivity index (χ3n) is 2.80. The maximum Gasteiger partial charge on any atom is 0.235 e. The van der Waals surface area contributed by atoms with E-state index in [2.05, 4.69) is 4.99 Å². The van der Waals surface area contributed by atoms with Crippen molar-refractivity contribution in [2.45, 2.75) is 38.6 Å². The summed E-state index contributed by atoms with van der Waals surface area (Å²) in [7, 11) is 0. The SMILES string of the molecule is CC(C)(N=C=O)c1cccc(CCCC(=O)Cl)c1. The molecule has 18 heavy (non-hydrogen) atoms. The lowest BCUT2D eigenvalue weighted by Gasteiger charge is -2.18. The van der Waals surface area contributed by atoms with Gasteiger partial charge in [0.05, 0.1) is 5.54 Å². The third kappa shape index (κ3) is 4.44. The van der Waals surface area contributed by atoms with Crippen molar-refractivity contribution in [1.82, 2.24) is 0 Å². The Morgan fingerprint density at radius 3 is 2.78 bits per heavy atom. The van der Waals surface area contributed by atoms with Crippen LogP contribution in [-0.2, 0) is 21.5 Å². The predicted octanol–water partition coefficient (Wildman–Crippen LogP) is 3.35. The van der Waals surface area contributed by atoms with Gasteiger partial charge in [0.25, 0.3) is 0 Å². The Bertz CT molecular complexity index is 476. The second-order valence-corrected chi connectivity index (χ2v) is 5.09. The summed E-state index contributed by atoms with van der Waals surface area (Å²) in [5.41, 5.74) is 1.50. The minimum Gasteiger partial charge on any atom is -0.281 e. The van der Waals surface area contributed by atoms with E-state index in [1.165, 1.54) is 0 Å². The Kier molecular flexibility index (Phi) is 5.26. The van der Waals surface area contributed by atoms with E-state index in [4.69, 9.17) is 11.6 Å². The van der Waals surface area contributed by atoms with Crippen LogP contribution in [0.3, 0.4) is 0 Å². The lowest BCUT2D eigenvalue weighted by Crippen LogP contribution is -2.13. The van der Waals surface area contributed by atoms with Crippen LogP contribution in [0.25, 0.3) is 0 Å². The molecule has 0 N–H and O–H groups in total. The van der Waals surface area contributed by atoms with Gasteiger partial charge in [-0.3, -0.25) is 4.79 Å². The third-order valence-corrected chi connectivity index (χ3v) is 2.99. The number of isocyanates is 1. The fourth-order valence-corrected chi connectivity index (χ4v) is 1.85. The number of aliphatic imine (C=N–C) groups is 1. The predicted molar refractivity (Wildman–Crippen MR) is 71.4 cm³/mol. The minimum absolute atomic E-state index is 0.308. The fourth-order valence-electron chi connectivity index (χ4n) is 1.72. The average molecular weight is 266 g/mol. The molecule has 0 aromatic heterocycles. The number of aryl methyl sites for hydroxylation is 1. The average Bonchev–Trinajstić information content (AvgIpc) is 2.29. The molecule has 0 aliphatic carbocycles. The van der Waals surface area contributed by atoms with Crippen molar-refractivity contribution in [1.29, 1.82) is 0 Å². The van der Waals surface area contributed by atoms with Crippen LogP contribution in [0.15, 0.2) is 29.3 Å². The normalized spacial score (nSPS) is 10.8. The van der Waals surface area contributed by atoms with Gasteiger partial charge in [-0.25, -0.2) is 4.79 Å². The van der Waals surface area contributed by atoms with Gasteiger partial charge in [0.2, 0.25) is 11.3 Å². The number of halogens is 1. The van der Waals surface area contributed by atoms with Crippen molar-refractivity contribution in [2.24, 2.45) is 4.99 Å². The first-order valence-corrected chi connectivity index (χ1v) is 6.20. The fraction of sp³-hybridized carbons (Fsp3) is 0.429. The van der Waals surface area contributed by atoms with Crippen LogP contribution in [0.2, 0.25) is 0 Å². The molecule has 0 amide bonds. The number of hydrogen-bond donors (Lipinski definition) is 0. The molecule has 0 fully saturated rings. The zero-order valence-electron chi connectivity index (χ0n) is 10.6. The van der Waals surface area contributed by atoms with Gasteiger partial charge >= 0.3 is 0 Å². The van der Waals surface area contributed by atoms with E-state index in [1.54, 1.807) is 6.08 Å². The molecule has 0 heterocycles. The van der Waals surface area contributed by atoms with E-state index >= 15 is 0 Å². The molecule has 0 atom stereocenters. The molecule has 0 saturated carbocycles. The van der Waals surface area contributed by atoms with Crippen LogP contribution < -0.4 is 0 Å². The van der Waals surface area contributed by atoms with Gasteiger partial charge in [-0.15, -0.1) is 0 Å². The first-order chi connectivity index (χ1) is 8.45. The Morgan fingerprint density at radius 2 is 2.17 bits per heavy atom. The van der Waals surface area contributed by atoms with E-state index < -0.39 is 5.54 Å². The highest BCUT2D eigenvalue weighted by Gasteiger charge is 2.19. The van der Waals surface area contributed by atoms with Crippen LogP contribution >= 0.6 is 11.6 Å². The molecule has 1 aromatic rings. The van der Waals surface area contributed by atoms with E-state index in [1.807, 2.05) is 38.1 Å². The van der Waals surface area contributed by atoms with E-state index in [-0.39, 0.29) is 5.24 Å². The number of benzene rings is 1. The molecule has 0 radical (unpaired) electrons. The summed E-state index contributed by atoms with van der Waals surface area (Å²) >= 11 is 5.29. The van der Waals surface area contributed by atoms with Gasteiger partial charge in [0, 0.05) is 6.42 Å². The maximum atomic E-state index is 10.7. The molecule has 0 unspecified atom stereocenters. The van der Waals surface area contributed by atoms with Crippen molar-refractivity contribution < 1.29 is 9.59 Å². The van der Waals surface area contributed by atoms with E-state index in [0.29, 0.717) is 6.42 Å². The topological polar surface area (TPSA) is 46.5 Å². The quantitative estimate of drug-likeness (QED) is 0.450. The van der Waals surface area contributed by atoms with Crippen molar-refractivity contribution in [2.75, 3.05) is 0 Å². The largest absolute Gasteiger partial charge is 0.281 e. The molecule has 1 aromatic carbocycles. The van der Waals surface area contributed by atoms with Gasteiger partial charge in [0.15, 0.2) is 0 Å². The lowest BCUT2D eigenvalue weighted by atomic mass is 9.92. The van der Waals surface area contributed by atoms with Crippen molar-refractivity contribution in [3.05, 3.63) is 35.4 Å². The smallest absolute Gasteiger partial charge is 0.235 e. The highest BCUT2D eigenvalue weighted by molar-refractivity contribution is 6.63. The number of rotatable bonds is 6. The summed E-state index contributed by atoms with van der Waals surface area (Å²) in [6, 6.07) is 7.84. The van der Waals surface area contributed by atoms with Crippen LogP contribution in [0, 0.1) is 0 Å². The molecule has 0 bridgehead atoms. The van der Waals surface area contributed by atoms with Crippen LogP contribution in [0.1, 0.15) is 37.8 Å². The van der Waals surface area contributed by atoms with Crippen LogP contribution in [0.4, 0.5) is 0 Å². The van der Waals surface area contributed by atoms with Gasteiger partial charge in [-0.1, -0.05) is 24.3 Å². The summed E-state index contributed by atoms with van der Waals surface area (Å²) in [4.78, 5) is 24.8. The van der Waals surface area contributed by atoms with E-state index in [0.717, 1.165) is 24.0 Å². The Morgan fingerprint density at radius 1 is 1.44 bits per heavy atom. The van der Waals surface area contributed by atoms with Crippen LogP contribution in [-0.4, -0.2) is 11.3 Å². The van der Waals surface area contributed by atoms with Crippen molar-refractivity contribution in [3.8, 4) is 0 Å². The number of nitrogens with zero attached hydrogens (tertiary/aromatic N) is 1. The summed E-state index contributed by atoms with van der Waals surface area (Å²) < 4.78 is 0. The minimum atomic E-state index is -0.569. The standard InChI is InChI=1S/C14H16ClNO2/c1-14(2,16-10-17)12-7-3-5-11(9-12)6-4-8-13(15)18/h3,5,7,9H,4,6,8H2,1-2H3. The van der Waals surface area contributed by atoms with Crippen molar-refractivity contribution >= 4 is 22.9 Å². The summed E-state index contributed by atoms with van der Waals surface area (Å²) in [6.45, 7) is 3.72. The Hall–Kier alpha value is -1.44. The summed E-state index contributed by atoms with van der Waals surface area (Å²) in [5, 5.41) is -0.308. The van der Waals surface area contributed by atoms with Gasteiger partial charge < -0.3 is 0 Å². The molecule has 0 aliphatic heterocycles. The zero-order chi connectivity index (χ0) is 13.6. The van der Waals surface area contributed by atoms with Gasteiger partial charge in [-0.05, 0) is 49.4 Å². The molecule has 0 spiro atoms. The molecule has 1 rings (SSSR count). The van der Waals surface area contributed by atoms with Crippen LogP contribution in [0.5, 0.6) is 0 Å². The molecular formula is C14H16ClNO2. The molecule has 0 aliphatic rings. The monoisotopic (exact) mass is 265 g/mol. The number of carbonyl (C=O) groups excluding carboxylic acids is 2. The van der Waals surface area contributed by atoms with Gasteiger partial charge in [-0.2, -0.15) is 4.99 Å². The number of hydrogen-bond acceptors (Lipinski definition) is 3. The van der Waals surface area contributed by atoms with Gasteiger partial charge in [0.1, 0.15) is 0 Å². The van der Waals surface area contributed by atoms with E-state index in [9.17, 15) is 9.59 Å². The zero-order valence-corrected chi connectivity index (χ0v) is 11.3. The number of carbonyl (C=O) groups is 1. The first kappa shape index (κ1) is 14.6. The molecule has 4 heteroatoms. The molecular weight excluding hydrogens is 250 g/mol. The Labute approximate surface area is 112 Å². The summed E-state index contributed by atoms with van der Waals surface area (Å²) in [5.74, 6) is 0. The Balaban J connectivity index is 2.79. The maximum absolute atomic E-state index is 10.7. The van der Waals surface area contributed by atoms with Crippen molar-refractivity contribution in [3.63, 3.8) is 0 Å². The molecule has 96 valence electrons. The molecule has 0 saturated heterocycles. The second-order valence-electron chi connectivity index (χ2n) is 4.67. The summed E-state index contributed by atoms with van der Waals surface area (Å²) in [6.07, 6.45) is 3.48. The highest BCUT2D eigenvalue weighted by atomic mass is 35.5. The highest BCUT2D eigenvalue weighted by Crippen LogP contribution is 2.25. The first-order valence-electron chi connectivity index (χ1n) is 5.82. The molecule has 3 nitrogen and oxygen atoms in total.